The van der Waals surface area contributed by atoms with E-state index in [1.54, 1.807) is 20.8 Å². The highest BCUT2D eigenvalue weighted by Crippen LogP contribution is 2.33. The Hall–Kier alpha value is -1.25. The van der Waals surface area contributed by atoms with Gasteiger partial charge < -0.3 is 14.9 Å². The molecule has 84 valence electrons. The van der Waals surface area contributed by atoms with Crippen molar-refractivity contribution in [3.63, 3.8) is 0 Å². The van der Waals surface area contributed by atoms with Gasteiger partial charge in [-0.3, -0.25) is 4.90 Å². The first-order chi connectivity index (χ1) is 6.81. The average Bonchev–Trinajstić information content (AvgIpc) is 2.33. The molecule has 1 aliphatic rings. The average molecular weight is 213 g/mol. The van der Waals surface area contributed by atoms with Crippen molar-refractivity contribution in [1.29, 1.82) is 0 Å². The smallest absolute Gasteiger partial charge is 0.410 e. The number of aliphatic hydroxyl groups excluding tert-OH is 1. The van der Waals surface area contributed by atoms with Gasteiger partial charge in [-0.05, 0) is 20.8 Å². The Kier molecular flexibility index (Phi) is 2.93. The second-order valence-corrected chi connectivity index (χ2v) is 4.02. The number of rotatable bonds is 1. The van der Waals surface area contributed by atoms with Crippen LogP contribution in [0.4, 0.5) is 4.79 Å². The molecule has 0 radical (unpaired) electrons. The highest BCUT2D eigenvalue weighted by atomic mass is 16.6. The van der Waals surface area contributed by atoms with Gasteiger partial charge in [0.05, 0.1) is 6.10 Å². The first kappa shape index (κ1) is 11.8. The lowest BCUT2D eigenvalue weighted by Crippen LogP contribution is -2.51. The number of carbonyl (C=O) groups is 1. The summed E-state index contributed by atoms with van der Waals surface area (Å²) in [4.78, 5) is 12.1. The van der Waals surface area contributed by atoms with Crippen molar-refractivity contribution in [3.8, 4) is 12.3 Å². The van der Waals surface area contributed by atoms with Gasteiger partial charge >= 0.3 is 6.09 Å². The number of aliphatic hydroxyl groups is 1. The SMILES string of the molecule is C#C[C@H](O)[C@@H]1[C@@H](C)OC(C)(C)N1C(=O)O. The van der Waals surface area contributed by atoms with Crippen LogP contribution < -0.4 is 0 Å². The summed E-state index contributed by atoms with van der Waals surface area (Å²) in [6, 6.07) is -0.720. The molecule has 0 spiro atoms. The molecule has 5 nitrogen and oxygen atoms in total. The van der Waals surface area contributed by atoms with Gasteiger partial charge in [-0.25, -0.2) is 4.79 Å². The molecule has 2 N–H and O–H groups in total. The number of hydrogen-bond acceptors (Lipinski definition) is 3. The van der Waals surface area contributed by atoms with Crippen LogP contribution >= 0.6 is 0 Å². The van der Waals surface area contributed by atoms with Gasteiger partial charge in [-0.2, -0.15) is 0 Å². The van der Waals surface area contributed by atoms with E-state index in [-0.39, 0.29) is 0 Å². The highest BCUT2D eigenvalue weighted by molar-refractivity contribution is 5.67. The van der Waals surface area contributed by atoms with Crippen LogP contribution in [0.1, 0.15) is 20.8 Å². The third-order valence-corrected chi connectivity index (χ3v) is 2.53. The molecule has 0 aromatic rings. The molecular formula is C10H15NO4. The lowest BCUT2D eigenvalue weighted by Gasteiger charge is -2.31. The van der Waals surface area contributed by atoms with Crippen molar-refractivity contribution in [2.45, 2.75) is 44.7 Å². The Bertz CT molecular complexity index is 307. The van der Waals surface area contributed by atoms with E-state index in [1.165, 1.54) is 0 Å². The van der Waals surface area contributed by atoms with E-state index in [0.717, 1.165) is 4.90 Å². The molecule has 1 saturated heterocycles. The minimum Gasteiger partial charge on any atom is -0.465 e. The van der Waals surface area contributed by atoms with Gasteiger partial charge in [0.2, 0.25) is 0 Å². The van der Waals surface area contributed by atoms with Gasteiger partial charge in [0, 0.05) is 0 Å². The molecule has 1 aliphatic heterocycles. The molecule has 1 amide bonds. The summed E-state index contributed by atoms with van der Waals surface area (Å²) in [6.07, 6.45) is 2.36. The maximum absolute atomic E-state index is 11.1. The minimum atomic E-state index is -1.15. The van der Waals surface area contributed by atoms with Crippen LogP contribution in [0.2, 0.25) is 0 Å². The van der Waals surface area contributed by atoms with Crippen molar-refractivity contribution < 1.29 is 19.7 Å². The van der Waals surface area contributed by atoms with E-state index in [1.807, 2.05) is 0 Å². The van der Waals surface area contributed by atoms with Gasteiger partial charge in [-0.1, -0.05) is 5.92 Å². The number of carboxylic acid groups (broad SMARTS) is 1. The standard InChI is InChI=1S/C10H15NO4/c1-5-7(12)8-6(2)15-10(3,4)11(8)9(13)14/h1,6-8,12H,2-4H3,(H,13,14)/t6-,7+,8+/m1/s1. The number of nitrogens with zero attached hydrogens (tertiary/aromatic N) is 1. The van der Waals surface area contributed by atoms with Crippen LogP contribution in [0.3, 0.4) is 0 Å². The zero-order valence-electron chi connectivity index (χ0n) is 8.97. The Balaban J connectivity index is 3.04. The van der Waals surface area contributed by atoms with Crippen molar-refractivity contribution in [2.75, 3.05) is 0 Å². The monoisotopic (exact) mass is 213 g/mol. The summed E-state index contributed by atoms with van der Waals surface area (Å²) in [5.74, 6) is 2.13. The molecule has 5 heteroatoms. The number of hydrogen-bond donors (Lipinski definition) is 2. The Morgan fingerprint density at radius 1 is 1.67 bits per heavy atom. The van der Waals surface area contributed by atoms with Gasteiger partial charge in [0.25, 0.3) is 0 Å². The lowest BCUT2D eigenvalue weighted by molar-refractivity contribution is -0.0624. The van der Waals surface area contributed by atoms with Gasteiger partial charge in [0.1, 0.15) is 17.9 Å². The topological polar surface area (TPSA) is 70.0 Å². The molecule has 3 atom stereocenters. The summed E-state index contributed by atoms with van der Waals surface area (Å²) >= 11 is 0. The molecule has 0 saturated carbocycles. The van der Waals surface area contributed by atoms with Crippen LogP contribution in [0.25, 0.3) is 0 Å². The fraction of sp³-hybridized carbons (Fsp3) is 0.700. The molecular weight excluding hydrogens is 198 g/mol. The Morgan fingerprint density at radius 3 is 2.60 bits per heavy atom. The maximum Gasteiger partial charge on any atom is 0.410 e. The van der Waals surface area contributed by atoms with E-state index in [4.69, 9.17) is 16.3 Å². The molecule has 0 aromatic carbocycles. The fourth-order valence-corrected chi connectivity index (χ4v) is 2.00. The van der Waals surface area contributed by atoms with E-state index < -0.39 is 30.1 Å². The normalized spacial score (nSPS) is 31.0. The summed E-state index contributed by atoms with van der Waals surface area (Å²) in [5.41, 5.74) is -0.965. The van der Waals surface area contributed by atoms with Gasteiger partial charge in [-0.15, -0.1) is 6.42 Å². The van der Waals surface area contributed by atoms with Crippen LogP contribution in [0.15, 0.2) is 0 Å². The zero-order chi connectivity index (χ0) is 11.8. The molecule has 15 heavy (non-hydrogen) atoms. The first-order valence-electron chi connectivity index (χ1n) is 4.65. The number of amides is 1. The third-order valence-electron chi connectivity index (χ3n) is 2.53. The lowest BCUT2D eigenvalue weighted by atomic mass is 10.1. The van der Waals surface area contributed by atoms with E-state index >= 15 is 0 Å². The number of terminal acetylenes is 1. The van der Waals surface area contributed by atoms with Crippen molar-refractivity contribution in [1.82, 2.24) is 4.90 Å². The largest absolute Gasteiger partial charge is 0.465 e. The first-order valence-corrected chi connectivity index (χ1v) is 4.65. The Morgan fingerprint density at radius 2 is 2.20 bits per heavy atom. The van der Waals surface area contributed by atoms with Crippen LogP contribution in [-0.2, 0) is 4.74 Å². The molecule has 0 unspecified atom stereocenters. The molecule has 1 fully saturated rings. The van der Waals surface area contributed by atoms with Crippen molar-refractivity contribution >= 4 is 6.09 Å². The quantitative estimate of drug-likeness (QED) is 0.622. The maximum atomic E-state index is 11.1. The minimum absolute atomic E-state index is 0.429. The number of ether oxygens (including phenoxy) is 1. The van der Waals surface area contributed by atoms with Crippen LogP contribution in [0.5, 0.6) is 0 Å². The highest BCUT2D eigenvalue weighted by Gasteiger charge is 2.50. The second kappa shape index (κ2) is 3.72. The summed E-state index contributed by atoms with van der Waals surface area (Å²) in [5, 5.41) is 18.6. The predicted octanol–water partition coefficient (Wildman–Crippen LogP) is 0.484. The molecule has 1 heterocycles. The molecule has 0 aromatic heterocycles. The predicted molar refractivity (Wildman–Crippen MR) is 53.1 cm³/mol. The summed E-state index contributed by atoms with van der Waals surface area (Å²) in [7, 11) is 0. The van der Waals surface area contributed by atoms with Crippen molar-refractivity contribution in [3.05, 3.63) is 0 Å². The van der Waals surface area contributed by atoms with E-state index in [9.17, 15) is 9.90 Å². The fourth-order valence-electron chi connectivity index (χ4n) is 2.00. The Labute approximate surface area is 88.6 Å². The molecule has 0 bridgehead atoms. The zero-order valence-corrected chi connectivity index (χ0v) is 8.97. The molecule has 0 aliphatic carbocycles. The second-order valence-electron chi connectivity index (χ2n) is 4.02. The van der Waals surface area contributed by atoms with Crippen molar-refractivity contribution in [2.24, 2.45) is 0 Å². The van der Waals surface area contributed by atoms with Crippen LogP contribution in [0, 0.1) is 12.3 Å². The van der Waals surface area contributed by atoms with Crippen LogP contribution in [-0.4, -0.2) is 45.2 Å². The van der Waals surface area contributed by atoms with Gasteiger partial charge in [0.15, 0.2) is 0 Å². The molecule has 1 rings (SSSR count). The summed E-state index contributed by atoms with van der Waals surface area (Å²) < 4.78 is 5.45. The van der Waals surface area contributed by atoms with E-state index in [2.05, 4.69) is 5.92 Å². The third kappa shape index (κ3) is 1.91. The van der Waals surface area contributed by atoms with E-state index in [0.29, 0.717) is 0 Å². The summed E-state index contributed by atoms with van der Waals surface area (Å²) in [6.45, 7) is 4.94.